The lowest BCUT2D eigenvalue weighted by Crippen LogP contribution is -2.19. The summed E-state index contributed by atoms with van der Waals surface area (Å²) in [6, 6.07) is 8.36. The van der Waals surface area contributed by atoms with Crippen molar-refractivity contribution in [3.05, 3.63) is 29.8 Å². The van der Waals surface area contributed by atoms with Crippen molar-refractivity contribution < 1.29 is 19.3 Å². The number of hydrogen-bond donors (Lipinski definition) is 1. The van der Waals surface area contributed by atoms with Gasteiger partial charge in [0.1, 0.15) is 5.75 Å². The fraction of sp³-hybridized carbons (Fsp3) is 0.667. The highest BCUT2D eigenvalue weighted by atomic mass is 16.5. The molecular weight excluding hydrogens is 280 g/mol. The lowest BCUT2D eigenvalue weighted by molar-refractivity contribution is 0.0340. The van der Waals surface area contributed by atoms with Gasteiger partial charge in [0.25, 0.3) is 0 Å². The molecule has 0 atom stereocenters. The standard InChI is InChI=1S/C18H28O4/c19-11-13-21-15-14-20-12-10-16-6-8-18(9-7-16)22-17-4-2-1-3-5-17/h6-9,17,19H,1-5,10-15H2. The highest BCUT2D eigenvalue weighted by Gasteiger charge is 2.14. The Balaban J connectivity index is 1.59. The van der Waals surface area contributed by atoms with E-state index in [-0.39, 0.29) is 6.61 Å². The minimum absolute atomic E-state index is 0.0648. The van der Waals surface area contributed by atoms with E-state index in [0.717, 1.165) is 12.2 Å². The number of aliphatic hydroxyl groups excluding tert-OH is 1. The molecule has 1 aromatic rings. The molecule has 124 valence electrons. The lowest BCUT2D eigenvalue weighted by atomic mass is 9.98. The van der Waals surface area contributed by atoms with Gasteiger partial charge in [-0.2, -0.15) is 0 Å². The molecule has 4 nitrogen and oxygen atoms in total. The number of aliphatic hydroxyl groups is 1. The molecule has 0 saturated heterocycles. The van der Waals surface area contributed by atoms with Crippen LogP contribution < -0.4 is 4.74 Å². The number of benzene rings is 1. The van der Waals surface area contributed by atoms with Gasteiger partial charge < -0.3 is 19.3 Å². The molecule has 0 radical (unpaired) electrons. The lowest BCUT2D eigenvalue weighted by Gasteiger charge is -2.23. The van der Waals surface area contributed by atoms with Crippen LogP contribution in [0.25, 0.3) is 0 Å². The van der Waals surface area contributed by atoms with Gasteiger partial charge in [0.05, 0.1) is 39.1 Å². The van der Waals surface area contributed by atoms with Crippen LogP contribution >= 0.6 is 0 Å². The average molecular weight is 308 g/mol. The van der Waals surface area contributed by atoms with Crippen molar-refractivity contribution in [2.24, 2.45) is 0 Å². The smallest absolute Gasteiger partial charge is 0.119 e. The van der Waals surface area contributed by atoms with E-state index in [9.17, 15) is 0 Å². The van der Waals surface area contributed by atoms with Crippen LogP contribution in [0.5, 0.6) is 5.75 Å². The number of hydrogen-bond acceptors (Lipinski definition) is 4. The first-order chi connectivity index (χ1) is 10.9. The predicted molar refractivity (Wildman–Crippen MR) is 86.4 cm³/mol. The Labute approximate surface area is 133 Å². The molecule has 2 rings (SSSR count). The Morgan fingerprint density at radius 1 is 0.864 bits per heavy atom. The molecule has 1 N–H and O–H groups in total. The van der Waals surface area contributed by atoms with E-state index in [2.05, 4.69) is 24.3 Å². The summed E-state index contributed by atoms with van der Waals surface area (Å²) in [5, 5.41) is 8.57. The van der Waals surface area contributed by atoms with E-state index < -0.39 is 0 Å². The van der Waals surface area contributed by atoms with Crippen molar-refractivity contribution in [2.75, 3.05) is 33.0 Å². The molecule has 0 amide bonds. The monoisotopic (exact) mass is 308 g/mol. The van der Waals surface area contributed by atoms with Crippen LogP contribution in [0.15, 0.2) is 24.3 Å². The zero-order chi connectivity index (χ0) is 15.5. The third-order valence-corrected chi connectivity index (χ3v) is 3.92. The topological polar surface area (TPSA) is 47.9 Å². The molecule has 1 aromatic carbocycles. The van der Waals surface area contributed by atoms with Crippen molar-refractivity contribution in [3.8, 4) is 5.75 Å². The highest BCUT2D eigenvalue weighted by Crippen LogP contribution is 2.23. The first kappa shape index (κ1) is 17.3. The van der Waals surface area contributed by atoms with E-state index in [4.69, 9.17) is 19.3 Å². The second-order valence-electron chi connectivity index (χ2n) is 5.72. The molecule has 0 aromatic heterocycles. The van der Waals surface area contributed by atoms with Gasteiger partial charge in [0.2, 0.25) is 0 Å². The molecule has 1 aliphatic rings. The molecule has 0 spiro atoms. The van der Waals surface area contributed by atoms with E-state index in [1.807, 2.05) is 0 Å². The summed E-state index contributed by atoms with van der Waals surface area (Å²) in [5.74, 6) is 0.981. The molecular formula is C18H28O4. The summed E-state index contributed by atoms with van der Waals surface area (Å²) in [6.07, 6.45) is 7.61. The maximum atomic E-state index is 8.57. The van der Waals surface area contributed by atoms with Gasteiger partial charge in [-0.25, -0.2) is 0 Å². The van der Waals surface area contributed by atoms with E-state index in [0.29, 0.717) is 32.5 Å². The minimum Gasteiger partial charge on any atom is -0.490 e. The fourth-order valence-electron chi connectivity index (χ4n) is 2.69. The van der Waals surface area contributed by atoms with Gasteiger partial charge in [-0.3, -0.25) is 0 Å². The summed E-state index contributed by atoms with van der Waals surface area (Å²) in [5.41, 5.74) is 1.26. The first-order valence-electron chi connectivity index (χ1n) is 8.40. The third-order valence-electron chi connectivity index (χ3n) is 3.92. The van der Waals surface area contributed by atoms with Crippen molar-refractivity contribution in [2.45, 2.75) is 44.6 Å². The largest absolute Gasteiger partial charge is 0.490 e. The van der Waals surface area contributed by atoms with Crippen LogP contribution in [0.1, 0.15) is 37.7 Å². The second kappa shape index (κ2) is 10.6. The zero-order valence-electron chi connectivity index (χ0n) is 13.3. The number of rotatable bonds is 10. The normalized spacial score (nSPS) is 15.9. The minimum atomic E-state index is 0.0648. The van der Waals surface area contributed by atoms with Gasteiger partial charge >= 0.3 is 0 Å². The van der Waals surface area contributed by atoms with Crippen LogP contribution in [0, 0.1) is 0 Å². The van der Waals surface area contributed by atoms with E-state index in [1.54, 1.807) is 0 Å². The van der Waals surface area contributed by atoms with Crippen molar-refractivity contribution in [1.29, 1.82) is 0 Å². The highest BCUT2D eigenvalue weighted by molar-refractivity contribution is 5.27. The molecule has 0 heterocycles. The van der Waals surface area contributed by atoms with E-state index >= 15 is 0 Å². The summed E-state index contributed by atoms with van der Waals surface area (Å²) < 4.78 is 16.7. The molecule has 22 heavy (non-hydrogen) atoms. The Morgan fingerprint density at radius 2 is 1.55 bits per heavy atom. The molecule has 0 unspecified atom stereocenters. The van der Waals surface area contributed by atoms with Gasteiger partial charge in [-0.1, -0.05) is 18.6 Å². The quantitative estimate of drug-likeness (QED) is 0.675. The zero-order valence-corrected chi connectivity index (χ0v) is 13.3. The maximum absolute atomic E-state index is 8.57. The Bertz CT molecular complexity index is 385. The SMILES string of the molecule is OCCOCCOCCc1ccc(OC2CCCCC2)cc1. The summed E-state index contributed by atoms with van der Waals surface area (Å²) >= 11 is 0. The summed E-state index contributed by atoms with van der Waals surface area (Å²) in [4.78, 5) is 0. The molecule has 1 saturated carbocycles. The van der Waals surface area contributed by atoms with Crippen LogP contribution in [-0.2, 0) is 15.9 Å². The van der Waals surface area contributed by atoms with Gasteiger partial charge in [0, 0.05) is 0 Å². The third kappa shape index (κ3) is 6.77. The molecule has 0 aliphatic heterocycles. The summed E-state index contributed by atoms with van der Waals surface area (Å²) in [6.45, 7) is 2.24. The number of ether oxygens (including phenoxy) is 3. The van der Waals surface area contributed by atoms with Crippen molar-refractivity contribution in [3.63, 3.8) is 0 Å². The van der Waals surface area contributed by atoms with Crippen LogP contribution in [0.2, 0.25) is 0 Å². The summed E-state index contributed by atoms with van der Waals surface area (Å²) in [7, 11) is 0. The van der Waals surface area contributed by atoms with Crippen LogP contribution in [-0.4, -0.2) is 44.2 Å². The average Bonchev–Trinajstić information content (AvgIpc) is 2.56. The fourth-order valence-corrected chi connectivity index (χ4v) is 2.69. The molecule has 0 bridgehead atoms. The van der Waals surface area contributed by atoms with E-state index in [1.165, 1.54) is 37.7 Å². The molecule has 1 fully saturated rings. The first-order valence-corrected chi connectivity index (χ1v) is 8.40. The molecule has 1 aliphatic carbocycles. The van der Waals surface area contributed by atoms with Crippen LogP contribution in [0.4, 0.5) is 0 Å². The second-order valence-corrected chi connectivity index (χ2v) is 5.72. The molecule has 4 heteroatoms. The van der Waals surface area contributed by atoms with Crippen molar-refractivity contribution in [1.82, 2.24) is 0 Å². The Kier molecular flexibility index (Phi) is 8.31. The maximum Gasteiger partial charge on any atom is 0.119 e. The van der Waals surface area contributed by atoms with Crippen LogP contribution in [0.3, 0.4) is 0 Å². The van der Waals surface area contributed by atoms with Gasteiger partial charge in [0.15, 0.2) is 0 Å². The van der Waals surface area contributed by atoms with Gasteiger partial charge in [-0.05, 0) is 49.8 Å². The Morgan fingerprint density at radius 3 is 2.23 bits per heavy atom. The van der Waals surface area contributed by atoms with Gasteiger partial charge in [-0.15, -0.1) is 0 Å². The Hall–Kier alpha value is -1.10. The predicted octanol–water partition coefficient (Wildman–Crippen LogP) is 2.97. The van der Waals surface area contributed by atoms with Crippen molar-refractivity contribution >= 4 is 0 Å².